The van der Waals surface area contributed by atoms with Crippen molar-refractivity contribution in [2.45, 2.75) is 20.4 Å². The minimum atomic E-state index is -0.392. The van der Waals surface area contributed by atoms with Crippen molar-refractivity contribution >= 4 is 45.0 Å². The molecule has 0 aliphatic carbocycles. The number of rotatable bonds is 3. The number of amides is 1. The number of aromatic nitrogens is 1. The summed E-state index contributed by atoms with van der Waals surface area (Å²) in [5, 5.41) is 0.507. The van der Waals surface area contributed by atoms with Gasteiger partial charge in [0.2, 0.25) is 5.91 Å². The molecule has 1 amide bonds. The maximum absolute atomic E-state index is 11.7. The van der Waals surface area contributed by atoms with Crippen LogP contribution in [0.15, 0.2) is 23.2 Å². The van der Waals surface area contributed by atoms with E-state index in [1.165, 1.54) is 18.3 Å². The number of thiazole rings is 1. The van der Waals surface area contributed by atoms with Crippen LogP contribution in [0.2, 0.25) is 5.02 Å². The van der Waals surface area contributed by atoms with Gasteiger partial charge in [0, 0.05) is 6.92 Å². The second kappa shape index (κ2) is 6.19. The first-order valence-corrected chi connectivity index (χ1v) is 7.21. The molecule has 0 radical (unpaired) electrons. The molecule has 1 aromatic heterocycles. The van der Waals surface area contributed by atoms with Crippen molar-refractivity contribution in [1.29, 1.82) is 0 Å². The van der Waals surface area contributed by atoms with Gasteiger partial charge in [-0.25, -0.2) is 0 Å². The third kappa shape index (κ3) is 3.08. The summed E-state index contributed by atoms with van der Waals surface area (Å²) in [6, 6.07) is 5.41. The van der Waals surface area contributed by atoms with Crippen LogP contribution in [-0.2, 0) is 20.9 Å². The molecule has 1 aromatic carbocycles. The van der Waals surface area contributed by atoms with Gasteiger partial charge in [-0.05, 0) is 19.1 Å². The number of halogens is 1. The fraction of sp³-hybridized carbons (Fsp3) is 0.308. The Hall–Kier alpha value is -1.66. The third-order valence-electron chi connectivity index (χ3n) is 2.50. The average Bonchev–Trinajstić information content (AvgIpc) is 2.68. The fourth-order valence-electron chi connectivity index (χ4n) is 1.79. The third-order valence-corrected chi connectivity index (χ3v) is 3.85. The molecule has 0 unspecified atom stereocenters. The molecule has 0 spiro atoms. The van der Waals surface area contributed by atoms with Crippen LogP contribution in [0.5, 0.6) is 0 Å². The van der Waals surface area contributed by atoms with E-state index in [4.69, 9.17) is 16.3 Å². The Labute approximate surface area is 124 Å². The number of esters is 1. The standard InChI is InChI=1S/C13H13ClN2O3S/c1-3-19-11(18)7-16-12-9(14)5-4-6-10(12)20-13(16)15-8(2)17/h4-6H,3,7H2,1-2H3. The Kier molecular flexibility index (Phi) is 4.57. The number of hydrogen-bond acceptors (Lipinski definition) is 4. The number of carbonyl (C=O) groups excluding carboxylic acids is 2. The number of carbonyl (C=O) groups is 2. The molecule has 0 saturated carbocycles. The van der Waals surface area contributed by atoms with Gasteiger partial charge in [-0.3, -0.25) is 9.59 Å². The van der Waals surface area contributed by atoms with Gasteiger partial charge in [-0.15, -0.1) is 0 Å². The van der Waals surface area contributed by atoms with Gasteiger partial charge in [-0.1, -0.05) is 29.0 Å². The molecule has 0 saturated heterocycles. The van der Waals surface area contributed by atoms with Crippen molar-refractivity contribution in [1.82, 2.24) is 4.57 Å². The van der Waals surface area contributed by atoms with E-state index in [1.807, 2.05) is 12.1 Å². The molecular weight excluding hydrogens is 300 g/mol. The molecule has 1 heterocycles. The molecule has 2 aromatic rings. The second-order valence-corrected chi connectivity index (χ2v) is 5.41. The summed E-state index contributed by atoms with van der Waals surface area (Å²) in [5.74, 6) is -0.720. The predicted molar refractivity (Wildman–Crippen MR) is 77.7 cm³/mol. The van der Waals surface area contributed by atoms with Crippen molar-refractivity contribution in [3.63, 3.8) is 0 Å². The summed E-state index contributed by atoms with van der Waals surface area (Å²) in [5.41, 5.74) is 0.687. The lowest BCUT2D eigenvalue weighted by Gasteiger charge is -2.05. The molecule has 2 rings (SSSR count). The Bertz CT molecular complexity index is 733. The molecule has 0 fully saturated rings. The molecular formula is C13H13ClN2O3S. The normalized spacial score (nSPS) is 11.8. The minimum Gasteiger partial charge on any atom is -0.465 e. The van der Waals surface area contributed by atoms with Crippen molar-refractivity contribution in [3.05, 3.63) is 28.0 Å². The lowest BCUT2D eigenvalue weighted by Crippen LogP contribution is -2.22. The highest BCUT2D eigenvalue weighted by molar-refractivity contribution is 7.16. The van der Waals surface area contributed by atoms with Crippen molar-refractivity contribution < 1.29 is 14.3 Å². The highest BCUT2D eigenvalue weighted by Crippen LogP contribution is 2.25. The molecule has 0 atom stereocenters. The maximum Gasteiger partial charge on any atom is 0.326 e. The van der Waals surface area contributed by atoms with Gasteiger partial charge in [0.05, 0.1) is 21.8 Å². The Morgan fingerprint density at radius 2 is 2.20 bits per heavy atom. The average molecular weight is 313 g/mol. The molecule has 7 heteroatoms. The van der Waals surface area contributed by atoms with E-state index in [0.717, 1.165) is 4.70 Å². The van der Waals surface area contributed by atoms with Crippen LogP contribution in [-0.4, -0.2) is 23.1 Å². The van der Waals surface area contributed by atoms with Crippen LogP contribution in [0.4, 0.5) is 0 Å². The predicted octanol–water partition coefficient (Wildman–Crippen LogP) is 2.37. The van der Waals surface area contributed by atoms with Gasteiger partial charge in [0.1, 0.15) is 6.54 Å². The Morgan fingerprint density at radius 1 is 1.45 bits per heavy atom. The van der Waals surface area contributed by atoms with E-state index in [0.29, 0.717) is 21.9 Å². The topological polar surface area (TPSA) is 60.7 Å². The van der Waals surface area contributed by atoms with Crippen LogP contribution in [0, 0.1) is 0 Å². The van der Waals surface area contributed by atoms with Crippen molar-refractivity contribution in [2.24, 2.45) is 4.99 Å². The SMILES string of the molecule is CCOC(=O)Cn1c(=NC(C)=O)sc2cccc(Cl)c21. The molecule has 20 heavy (non-hydrogen) atoms. The van der Waals surface area contributed by atoms with Gasteiger partial charge >= 0.3 is 5.97 Å². The molecule has 0 aliphatic rings. The summed E-state index contributed by atoms with van der Waals surface area (Å²) in [6.45, 7) is 3.38. The number of para-hydroxylation sites is 1. The minimum absolute atomic E-state index is 0.0241. The highest BCUT2D eigenvalue weighted by atomic mass is 35.5. The van der Waals surface area contributed by atoms with Crippen LogP contribution in [0.3, 0.4) is 0 Å². The zero-order chi connectivity index (χ0) is 14.7. The smallest absolute Gasteiger partial charge is 0.326 e. The Balaban J connectivity index is 2.64. The first kappa shape index (κ1) is 14.7. The van der Waals surface area contributed by atoms with E-state index in [2.05, 4.69) is 4.99 Å². The number of fused-ring (bicyclic) bond motifs is 1. The van der Waals surface area contributed by atoms with Crippen LogP contribution in [0.25, 0.3) is 10.2 Å². The van der Waals surface area contributed by atoms with E-state index in [9.17, 15) is 9.59 Å². The Morgan fingerprint density at radius 3 is 2.85 bits per heavy atom. The van der Waals surface area contributed by atoms with Crippen molar-refractivity contribution in [3.8, 4) is 0 Å². The lowest BCUT2D eigenvalue weighted by atomic mass is 10.3. The van der Waals surface area contributed by atoms with Gasteiger partial charge in [0.25, 0.3) is 0 Å². The summed E-state index contributed by atoms with van der Waals surface area (Å²) in [4.78, 5) is 27.3. The molecule has 0 N–H and O–H groups in total. The monoisotopic (exact) mass is 312 g/mol. The molecule has 5 nitrogen and oxygen atoms in total. The number of ether oxygens (including phenoxy) is 1. The largest absolute Gasteiger partial charge is 0.465 e. The van der Waals surface area contributed by atoms with E-state index in [1.54, 1.807) is 17.6 Å². The summed E-state index contributed by atoms with van der Waals surface area (Å²) < 4.78 is 7.41. The molecule has 0 aliphatic heterocycles. The van der Waals surface area contributed by atoms with E-state index in [-0.39, 0.29) is 12.5 Å². The first-order chi connectivity index (χ1) is 9.52. The highest BCUT2D eigenvalue weighted by Gasteiger charge is 2.13. The summed E-state index contributed by atoms with van der Waals surface area (Å²) in [6.07, 6.45) is 0. The number of benzene rings is 1. The van der Waals surface area contributed by atoms with E-state index < -0.39 is 5.97 Å². The lowest BCUT2D eigenvalue weighted by molar-refractivity contribution is -0.143. The van der Waals surface area contributed by atoms with Crippen LogP contribution >= 0.6 is 22.9 Å². The van der Waals surface area contributed by atoms with E-state index >= 15 is 0 Å². The van der Waals surface area contributed by atoms with Crippen molar-refractivity contribution in [2.75, 3.05) is 6.61 Å². The van der Waals surface area contributed by atoms with Crippen LogP contribution in [0.1, 0.15) is 13.8 Å². The first-order valence-electron chi connectivity index (χ1n) is 6.01. The van der Waals surface area contributed by atoms with Crippen LogP contribution < -0.4 is 4.80 Å². The maximum atomic E-state index is 11.7. The summed E-state index contributed by atoms with van der Waals surface area (Å²) in [7, 11) is 0. The molecule has 0 bridgehead atoms. The number of hydrogen-bond donors (Lipinski definition) is 0. The second-order valence-electron chi connectivity index (χ2n) is 3.99. The summed E-state index contributed by atoms with van der Waals surface area (Å²) >= 11 is 7.49. The van der Waals surface area contributed by atoms with Gasteiger partial charge in [-0.2, -0.15) is 4.99 Å². The fourth-order valence-corrected chi connectivity index (χ4v) is 3.22. The quantitative estimate of drug-likeness (QED) is 0.817. The number of nitrogens with zero attached hydrogens (tertiary/aromatic N) is 2. The zero-order valence-corrected chi connectivity index (χ0v) is 12.6. The zero-order valence-electron chi connectivity index (χ0n) is 11.1. The molecule has 106 valence electrons. The van der Waals surface area contributed by atoms with Gasteiger partial charge in [0.15, 0.2) is 4.80 Å². The van der Waals surface area contributed by atoms with Gasteiger partial charge < -0.3 is 9.30 Å².